The van der Waals surface area contributed by atoms with Crippen molar-refractivity contribution in [2.24, 2.45) is 0 Å². The van der Waals surface area contributed by atoms with E-state index in [9.17, 15) is 15.3 Å². The summed E-state index contributed by atoms with van der Waals surface area (Å²) in [6.07, 6.45) is -5.30. The second kappa shape index (κ2) is 6.05. The third-order valence-corrected chi connectivity index (χ3v) is 3.48. The first-order valence-electron chi connectivity index (χ1n) is 4.68. The molecule has 16 heavy (non-hydrogen) atoms. The minimum Gasteiger partial charge on any atom is -0.394 e. The van der Waals surface area contributed by atoms with Crippen LogP contribution in [0.1, 0.15) is 0 Å². The van der Waals surface area contributed by atoms with Crippen molar-refractivity contribution in [3.8, 4) is 0 Å². The third-order valence-electron chi connectivity index (χ3n) is 2.28. The van der Waals surface area contributed by atoms with Gasteiger partial charge in [-0.05, 0) is 15.9 Å². The predicted octanol–water partition coefficient (Wildman–Crippen LogP) is -1.08. The van der Waals surface area contributed by atoms with Crippen LogP contribution in [0, 0.1) is 0 Å². The monoisotopic (exact) mass is 364 g/mol. The van der Waals surface area contributed by atoms with E-state index in [1.165, 1.54) is 0 Å². The molecule has 0 spiro atoms. The van der Waals surface area contributed by atoms with Gasteiger partial charge in [-0.3, -0.25) is 0 Å². The summed E-state index contributed by atoms with van der Waals surface area (Å²) in [7, 11) is 0. The van der Waals surface area contributed by atoms with Crippen molar-refractivity contribution in [1.29, 1.82) is 0 Å². The van der Waals surface area contributed by atoms with Gasteiger partial charge in [0.2, 0.25) is 0 Å². The maximum Gasteiger partial charge on any atom is 0.256 e. The topological polar surface area (TPSA) is 99.4 Å². The standard InChI is InChI=1S/C8H14Br2O6/c9-1-2-15-8(10)7(14)6(13)5(12)4(3-11)16-8/h4-7,11-14H,1-3H2/t4-,5-,6+,7-,8-/m1/s1. The number of aliphatic hydroxyl groups excluding tert-OH is 4. The van der Waals surface area contributed by atoms with Crippen LogP contribution in [0.25, 0.3) is 0 Å². The van der Waals surface area contributed by atoms with Crippen molar-refractivity contribution in [3.05, 3.63) is 0 Å². The summed E-state index contributed by atoms with van der Waals surface area (Å²) < 4.78 is 8.76. The van der Waals surface area contributed by atoms with Crippen molar-refractivity contribution in [1.82, 2.24) is 0 Å². The van der Waals surface area contributed by atoms with E-state index in [2.05, 4.69) is 31.9 Å². The van der Waals surface area contributed by atoms with Gasteiger partial charge in [-0.2, -0.15) is 0 Å². The van der Waals surface area contributed by atoms with E-state index in [1.54, 1.807) is 0 Å². The number of hydrogen-bond donors (Lipinski definition) is 4. The molecule has 0 aromatic heterocycles. The van der Waals surface area contributed by atoms with Gasteiger partial charge in [0.25, 0.3) is 4.70 Å². The van der Waals surface area contributed by atoms with Gasteiger partial charge in [0.1, 0.15) is 24.4 Å². The number of rotatable bonds is 4. The first-order chi connectivity index (χ1) is 7.46. The number of ether oxygens (including phenoxy) is 2. The molecule has 0 saturated carbocycles. The molecule has 0 aliphatic carbocycles. The summed E-state index contributed by atoms with van der Waals surface area (Å²) in [5, 5.41) is 38.2. The van der Waals surface area contributed by atoms with E-state index >= 15 is 0 Å². The van der Waals surface area contributed by atoms with E-state index in [-0.39, 0.29) is 6.61 Å². The smallest absolute Gasteiger partial charge is 0.256 e. The molecule has 0 radical (unpaired) electrons. The Labute approximate surface area is 109 Å². The van der Waals surface area contributed by atoms with Crippen LogP contribution in [0.5, 0.6) is 0 Å². The Morgan fingerprint density at radius 1 is 1.25 bits per heavy atom. The first kappa shape index (κ1) is 14.8. The van der Waals surface area contributed by atoms with Crippen molar-refractivity contribution in [3.63, 3.8) is 0 Å². The Morgan fingerprint density at radius 3 is 2.38 bits per heavy atom. The minimum atomic E-state index is -1.62. The van der Waals surface area contributed by atoms with Crippen LogP contribution in [-0.4, -0.2) is 68.1 Å². The van der Waals surface area contributed by atoms with Gasteiger partial charge < -0.3 is 29.9 Å². The third kappa shape index (κ3) is 2.94. The summed E-state index contributed by atoms with van der Waals surface area (Å²) >= 11 is 6.15. The molecule has 5 atom stereocenters. The molecule has 1 rings (SSSR count). The van der Waals surface area contributed by atoms with Gasteiger partial charge in [-0.1, -0.05) is 15.9 Å². The lowest BCUT2D eigenvalue weighted by Crippen LogP contribution is -2.63. The van der Waals surface area contributed by atoms with E-state index < -0.39 is 35.7 Å². The normalized spacial score (nSPS) is 44.6. The predicted molar refractivity (Wildman–Crippen MR) is 61.4 cm³/mol. The van der Waals surface area contributed by atoms with Crippen LogP contribution in [0.4, 0.5) is 0 Å². The van der Waals surface area contributed by atoms with Crippen LogP contribution in [0.2, 0.25) is 0 Å². The van der Waals surface area contributed by atoms with Gasteiger partial charge in [-0.15, -0.1) is 0 Å². The van der Waals surface area contributed by atoms with Crippen molar-refractivity contribution >= 4 is 31.9 Å². The fraction of sp³-hybridized carbons (Fsp3) is 1.00. The van der Waals surface area contributed by atoms with E-state index in [0.29, 0.717) is 5.33 Å². The maximum absolute atomic E-state index is 9.70. The van der Waals surface area contributed by atoms with E-state index in [1.807, 2.05) is 0 Å². The molecule has 0 unspecified atom stereocenters. The average Bonchev–Trinajstić information content (AvgIpc) is 2.29. The van der Waals surface area contributed by atoms with E-state index in [0.717, 1.165) is 0 Å². The molecule has 1 heterocycles. The Hall–Kier alpha value is 0.720. The molecule has 8 heteroatoms. The Bertz CT molecular complexity index is 229. The molecular weight excluding hydrogens is 352 g/mol. The van der Waals surface area contributed by atoms with Crippen LogP contribution >= 0.6 is 31.9 Å². The van der Waals surface area contributed by atoms with Crippen LogP contribution in [-0.2, 0) is 9.47 Å². The van der Waals surface area contributed by atoms with Gasteiger partial charge in [0.15, 0.2) is 0 Å². The second-order valence-corrected chi connectivity index (χ2v) is 5.28. The molecule has 6 nitrogen and oxygen atoms in total. The van der Waals surface area contributed by atoms with Crippen molar-refractivity contribution in [2.75, 3.05) is 18.5 Å². The molecule has 1 fully saturated rings. The number of hydrogen-bond acceptors (Lipinski definition) is 6. The van der Waals surface area contributed by atoms with Gasteiger partial charge >= 0.3 is 0 Å². The van der Waals surface area contributed by atoms with E-state index in [4.69, 9.17) is 14.6 Å². The van der Waals surface area contributed by atoms with Crippen LogP contribution in [0.3, 0.4) is 0 Å². The lowest BCUT2D eigenvalue weighted by atomic mass is 9.99. The summed E-state index contributed by atoms with van der Waals surface area (Å²) in [5.74, 6) is 0. The number of aliphatic hydroxyl groups is 4. The zero-order chi connectivity index (χ0) is 12.3. The molecule has 0 aromatic rings. The number of halogens is 2. The maximum atomic E-state index is 9.70. The first-order valence-corrected chi connectivity index (χ1v) is 6.59. The summed E-state index contributed by atoms with van der Waals surface area (Å²) in [4.78, 5) is 0. The SMILES string of the molecule is OC[C@H]1O[C@](Br)(OCCBr)[C@H](O)[C@@H](O)[C@@H]1O. The molecule has 1 aliphatic rings. The molecule has 96 valence electrons. The van der Waals surface area contributed by atoms with Gasteiger partial charge in [0.05, 0.1) is 13.2 Å². The molecule has 0 bridgehead atoms. The zero-order valence-electron chi connectivity index (χ0n) is 8.29. The lowest BCUT2D eigenvalue weighted by Gasteiger charge is -2.44. The molecule has 4 N–H and O–H groups in total. The molecule has 1 aliphatic heterocycles. The summed E-state index contributed by atoms with van der Waals surface area (Å²) in [6.45, 7) is -0.265. The summed E-state index contributed by atoms with van der Waals surface area (Å²) in [6, 6.07) is 0. The van der Waals surface area contributed by atoms with Crippen LogP contribution in [0.15, 0.2) is 0 Å². The van der Waals surface area contributed by atoms with Gasteiger partial charge in [-0.25, -0.2) is 0 Å². The average molecular weight is 366 g/mol. The fourth-order valence-corrected chi connectivity index (χ4v) is 2.23. The zero-order valence-corrected chi connectivity index (χ0v) is 11.5. The number of alkyl halides is 2. The fourth-order valence-electron chi connectivity index (χ4n) is 1.40. The minimum absolute atomic E-state index is 0.225. The Morgan fingerprint density at radius 2 is 1.88 bits per heavy atom. The Kier molecular flexibility index (Phi) is 5.59. The quantitative estimate of drug-likeness (QED) is 0.473. The molecular formula is C8H14Br2O6. The summed E-state index contributed by atoms with van der Waals surface area (Å²) in [5.41, 5.74) is 0. The lowest BCUT2D eigenvalue weighted by molar-refractivity contribution is -0.315. The second-order valence-electron chi connectivity index (χ2n) is 3.38. The largest absolute Gasteiger partial charge is 0.394 e. The van der Waals surface area contributed by atoms with Gasteiger partial charge in [0, 0.05) is 5.33 Å². The Balaban J connectivity index is 2.76. The van der Waals surface area contributed by atoms with Crippen molar-refractivity contribution in [2.45, 2.75) is 29.1 Å². The highest BCUT2D eigenvalue weighted by atomic mass is 79.9. The highest BCUT2D eigenvalue weighted by Crippen LogP contribution is 2.36. The molecule has 0 aromatic carbocycles. The highest BCUT2D eigenvalue weighted by molar-refractivity contribution is 9.10. The molecule has 1 saturated heterocycles. The highest BCUT2D eigenvalue weighted by Gasteiger charge is 2.53. The van der Waals surface area contributed by atoms with Crippen molar-refractivity contribution < 1.29 is 29.9 Å². The van der Waals surface area contributed by atoms with Crippen LogP contribution < -0.4 is 0 Å². The molecule has 0 amide bonds.